The van der Waals surface area contributed by atoms with E-state index in [1.165, 1.54) is 10.4 Å². The van der Waals surface area contributed by atoms with Crippen LogP contribution in [-0.2, 0) is 6.42 Å². The Labute approximate surface area is 131 Å². The third-order valence-corrected chi connectivity index (χ3v) is 4.35. The Hall–Kier alpha value is -2.05. The van der Waals surface area contributed by atoms with E-state index in [2.05, 4.69) is 39.6 Å². The number of hydrogen-bond acceptors (Lipinski definition) is 4. The van der Waals surface area contributed by atoms with Crippen LogP contribution >= 0.6 is 23.6 Å². The summed E-state index contributed by atoms with van der Waals surface area (Å²) in [5.74, 6) is 0.830. The van der Waals surface area contributed by atoms with E-state index in [-0.39, 0.29) is 0 Å². The Bertz CT molecular complexity index is 812. The van der Waals surface area contributed by atoms with E-state index in [0.717, 1.165) is 17.1 Å². The first-order chi connectivity index (χ1) is 10.3. The average Bonchev–Trinajstić information content (AvgIpc) is 3.13. The molecule has 0 saturated carbocycles. The molecule has 0 aliphatic carbocycles. The summed E-state index contributed by atoms with van der Waals surface area (Å²) < 4.78 is 2.18. The van der Waals surface area contributed by atoms with Crippen molar-refractivity contribution in [2.75, 3.05) is 0 Å². The minimum absolute atomic E-state index is 0.517. The molecule has 0 aliphatic rings. The molecule has 0 radical (unpaired) electrons. The second kappa shape index (κ2) is 6.15. The lowest BCUT2D eigenvalue weighted by molar-refractivity contribution is 0.780. The van der Waals surface area contributed by atoms with Crippen LogP contribution in [0.25, 0.3) is 10.4 Å². The van der Waals surface area contributed by atoms with Crippen LogP contribution in [0.2, 0.25) is 0 Å². The van der Waals surface area contributed by atoms with Gasteiger partial charge in [0.25, 0.3) is 0 Å². The fourth-order valence-electron chi connectivity index (χ4n) is 1.97. The van der Waals surface area contributed by atoms with Crippen LogP contribution in [0.3, 0.4) is 0 Å². The second-order valence-corrected chi connectivity index (χ2v) is 5.93. The molecule has 0 unspecified atom stereocenters. The van der Waals surface area contributed by atoms with Crippen molar-refractivity contribution in [1.82, 2.24) is 14.9 Å². The Morgan fingerprint density at radius 3 is 2.86 bits per heavy atom. The molecule has 0 fully saturated rings. The lowest BCUT2D eigenvalue weighted by Crippen LogP contribution is -1.96. The van der Waals surface area contributed by atoms with Gasteiger partial charge in [-0.1, -0.05) is 37.3 Å². The van der Waals surface area contributed by atoms with Crippen LogP contribution in [0.5, 0.6) is 0 Å². The van der Waals surface area contributed by atoms with E-state index in [4.69, 9.17) is 12.2 Å². The fraction of sp³-hybridized carbons (Fsp3) is 0.133. The van der Waals surface area contributed by atoms with Gasteiger partial charge in [-0.3, -0.25) is 5.10 Å². The largest absolute Gasteiger partial charge is 0.250 e. The van der Waals surface area contributed by atoms with E-state index in [0.29, 0.717) is 4.77 Å². The fourth-order valence-corrected chi connectivity index (χ4v) is 3.04. The standard InChI is InChI=1S/C15H14N4S2/c1-2-14-17-18-15(20)19(14)16-10-12-8-9-13(21-12)11-6-4-3-5-7-11/h3-10H,2H2,1H3,(H,18,20)/b16-10-. The predicted octanol–water partition coefficient (Wildman–Crippen LogP) is 4.11. The number of aromatic nitrogens is 3. The lowest BCUT2D eigenvalue weighted by atomic mass is 10.2. The van der Waals surface area contributed by atoms with Crippen LogP contribution < -0.4 is 0 Å². The van der Waals surface area contributed by atoms with Crippen LogP contribution in [-0.4, -0.2) is 21.1 Å². The molecule has 3 rings (SSSR count). The first kappa shape index (κ1) is 13.9. The molecule has 6 heteroatoms. The molecule has 21 heavy (non-hydrogen) atoms. The number of aromatic amines is 1. The number of nitrogens with one attached hydrogen (secondary N) is 1. The van der Waals surface area contributed by atoms with E-state index in [9.17, 15) is 0 Å². The zero-order valence-corrected chi connectivity index (χ0v) is 13.1. The highest BCUT2D eigenvalue weighted by molar-refractivity contribution is 7.71. The molecule has 3 aromatic rings. The first-order valence-corrected chi connectivity index (χ1v) is 7.86. The van der Waals surface area contributed by atoms with Crippen LogP contribution in [0.15, 0.2) is 47.6 Å². The summed E-state index contributed by atoms with van der Waals surface area (Å²) in [4.78, 5) is 2.31. The summed E-state index contributed by atoms with van der Waals surface area (Å²) in [7, 11) is 0. The third-order valence-electron chi connectivity index (χ3n) is 3.02. The van der Waals surface area contributed by atoms with Gasteiger partial charge in [-0.05, 0) is 29.9 Å². The van der Waals surface area contributed by atoms with Crippen molar-refractivity contribution in [3.05, 3.63) is 57.9 Å². The highest BCUT2D eigenvalue weighted by Gasteiger charge is 2.03. The molecule has 4 nitrogen and oxygen atoms in total. The average molecular weight is 314 g/mol. The predicted molar refractivity (Wildman–Crippen MR) is 89.5 cm³/mol. The van der Waals surface area contributed by atoms with E-state index in [1.807, 2.05) is 31.3 Å². The molecule has 0 spiro atoms. The Kier molecular flexibility index (Phi) is 4.08. The molecule has 1 N–H and O–H groups in total. The maximum absolute atomic E-state index is 5.17. The SMILES string of the molecule is CCc1n[nH]c(=S)n1/N=C\c1ccc(-c2ccccc2)s1. The monoisotopic (exact) mass is 314 g/mol. The Balaban J connectivity index is 1.86. The summed E-state index contributed by atoms with van der Waals surface area (Å²) in [5.41, 5.74) is 1.22. The van der Waals surface area contributed by atoms with Gasteiger partial charge in [-0.25, -0.2) is 0 Å². The van der Waals surface area contributed by atoms with Crippen molar-refractivity contribution >= 4 is 29.8 Å². The van der Waals surface area contributed by atoms with Crippen LogP contribution in [0.1, 0.15) is 17.6 Å². The first-order valence-electron chi connectivity index (χ1n) is 6.64. The smallest absolute Gasteiger partial charge is 0.216 e. The van der Waals surface area contributed by atoms with Gasteiger partial charge in [0.05, 0.1) is 6.21 Å². The van der Waals surface area contributed by atoms with Crippen molar-refractivity contribution in [3.8, 4) is 10.4 Å². The quantitative estimate of drug-likeness (QED) is 0.582. The summed E-state index contributed by atoms with van der Waals surface area (Å²) in [5, 5.41) is 11.3. The molecule has 106 valence electrons. The number of rotatable bonds is 4. The molecule has 1 aromatic carbocycles. The van der Waals surface area contributed by atoms with E-state index < -0.39 is 0 Å². The molecule has 2 aromatic heterocycles. The number of hydrogen-bond donors (Lipinski definition) is 1. The summed E-state index contributed by atoms with van der Waals surface area (Å²) in [6.45, 7) is 2.02. The highest BCUT2D eigenvalue weighted by atomic mass is 32.1. The van der Waals surface area contributed by atoms with Gasteiger partial charge in [-0.2, -0.15) is 14.9 Å². The Morgan fingerprint density at radius 1 is 1.29 bits per heavy atom. The van der Waals surface area contributed by atoms with Crippen molar-refractivity contribution in [2.24, 2.45) is 5.10 Å². The summed E-state index contributed by atoms with van der Waals surface area (Å²) in [6, 6.07) is 14.5. The lowest BCUT2D eigenvalue weighted by Gasteiger charge is -1.96. The Morgan fingerprint density at radius 2 is 2.10 bits per heavy atom. The van der Waals surface area contributed by atoms with Gasteiger partial charge in [0, 0.05) is 16.2 Å². The number of aryl methyl sites for hydroxylation is 1. The van der Waals surface area contributed by atoms with Gasteiger partial charge < -0.3 is 0 Å². The minimum atomic E-state index is 0.517. The molecule has 0 amide bonds. The summed E-state index contributed by atoms with van der Waals surface area (Å²) in [6.07, 6.45) is 2.60. The second-order valence-electron chi connectivity index (χ2n) is 4.42. The van der Waals surface area contributed by atoms with Crippen LogP contribution in [0, 0.1) is 4.77 Å². The molecule has 0 aliphatic heterocycles. The number of nitrogens with zero attached hydrogens (tertiary/aromatic N) is 3. The van der Waals surface area contributed by atoms with Crippen molar-refractivity contribution in [2.45, 2.75) is 13.3 Å². The molecule has 0 atom stereocenters. The van der Waals surface area contributed by atoms with Crippen molar-refractivity contribution < 1.29 is 0 Å². The topological polar surface area (TPSA) is 46.0 Å². The highest BCUT2D eigenvalue weighted by Crippen LogP contribution is 2.26. The van der Waals surface area contributed by atoms with Gasteiger partial charge >= 0.3 is 0 Å². The number of thiophene rings is 1. The van der Waals surface area contributed by atoms with E-state index in [1.54, 1.807) is 16.0 Å². The molecule has 0 bridgehead atoms. The number of benzene rings is 1. The molecular weight excluding hydrogens is 300 g/mol. The zero-order chi connectivity index (χ0) is 14.7. The van der Waals surface area contributed by atoms with Gasteiger partial charge in [0.2, 0.25) is 4.77 Å². The van der Waals surface area contributed by atoms with E-state index >= 15 is 0 Å². The van der Waals surface area contributed by atoms with Crippen LogP contribution in [0.4, 0.5) is 0 Å². The minimum Gasteiger partial charge on any atom is -0.250 e. The maximum Gasteiger partial charge on any atom is 0.216 e. The normalized spacial score (nSPS) is 11.3. The van der Waals surface area contributed by atoms with Gasteiger partial charge in [0.1, 0.15) is 0 Å². The van der Waals surface area contributed by atoms with Crippen molar-refractivity contribution in [1.29, 1.82) is 0 Å². The maximum atomic E-state index is 5.17. The van der Waals surface area contributed by atoms with Gasteiger partial charge in [0.15, 0.2) is 5.82 Å². The molecule has 2 heterocycles. The molecular formula is C15H14N4S2. The molecule has 0 saturated heterocycles. The zero-order valence-electron chi connectivity index (χ0n) is 11.5. The van der Waals surface area contributed by atoms with Gasteiger partial charge in [-0.15, -0.1) is 11.3 Å². The third kappa shape index (κ3) is 3.01. The van der Waals surface area contributed by atoms with Crippen molar-refractivity contribution in [3.63, 3.8) is 0 Å². The summed E-state index contributed by atoms with van der Waals surface area (Å²) >= 11 is 6.87. The number of H-pyrrole nitrogens is 1.